The number of hydrogen-bond acceptors (Lipinski definition) is 4. The van der Waals surface area contributed by atoms with E-state index in [9.17, 15) is 14.0 Å². The number of hydrazone groups is 1. The molecule has 1 heterocycles. The first-order valence-electron chi connectivity index (χ1n) is 7.61. The van der Waals surface area contributed by atoms with Crippen LogP contribution in [0.4, 0.5) is 10.1 Å². The molecule has 1 unspecified atom stereocenters. The Kier molecular flexibility index (Phi) is 5.31. The molecule has 1 aliphatic rings. The predicted molar refractivity (Wildman–Crippen MR) is 86.5 cm³/mol. The van der Waals surface area contributed by atoms with Gasteiger partial charge in [0.2, 0.25) is 5.91 Å². The Morgan fingerprint density at radius 2 is 2.04 bits per heavy atom. The number of carbonyl (C=O) groups is 2. The second-order valence-corrected chi connectivity index (χ2v) is 5.57. The molecule has 1 atom stereocenters. The zero-order valence-electron chi connectivity index (χ0n) is 13.3. The van der Waals surface area contributed by atoms with Crippen molar-refractivity contribution in [2.45, 2.75) is 32.2 Å². The highest BCUT2D eigenvalue weighted by Crippen LogP contribution is 2.25. The molecule has 0 fully saturated rings. The van der Waals surface area contributed by atoms with E-state index >= 15 is 0 Å². The number of nitrogens with zero attached hydrogens (tertiary/aromatic N) is 3. The Balaban J connectivity index is 2.22. The molecule has 0 aliphatic carbocycles. The molecule has 2 N–H and O–H groups in total. The van der Waals surface area contributed by atoms with E-state index in [4.69, 9.17) is 5.73 Å². The molecule has 0 aromatic heterocycles. The first-order valence-corrected chi connectivity index (χ1v) is 7.61. The molecule has 2 rings (SSSR count). The van der Waals surface area contributed by atoms with Gasteiger partial charge in [-0.3, -0.25) is 14.6 Å². The van der Waals surface area contributed by atoms with Crippen molar-refractivity contribution in [2.24, 2.45) is 10.8 Å². The zero-order chi connectivity index (χ0) is 17.0. The Morgan fingerprint density at radius 3 is 2.61 bits per heavy atom. The topological polar surface area (TPSA) is 79.0 Å². The van der Waals surface area contributed by atoms with Gasteiger partial charge in [-0.2, -0.15) is 5.10 Å². The molecule has 124 valence electrons. The maximum Gasteiger partial charge on any atom is 0.269 e. The van der Waals surface area contributed by atoms with E-state index in [-0.39, 0.29) is 23.9 Å². The first kappa shape index (κ1) is 16.9. The largest absolute Gasteiger partial charge is 0.368 e. The van der Waals surface area contributed by atoms with Gasteiger partial charge in [-0.05, 0) is 30.7 Å². The zero-order valence-corrected chi connectivity index (χ0v) is 13.3. The minimum atomic E-state index is -0.737. The van der Waals surface area contributed by atoms with E-state index in [0.717, 1.165) is 12.8 Å². The second-order valence-electron chi connectivity index (χ2n) is 5.57. The van der Waals surface area contributed by atoms with Crippen molar-refractivity contribution < 1.29 is 14.0 Å². The van der Waals surface area contributed by atoms with Crippen molar-refractivity contribution in [1.29, 1.82) is 0 Å². The van der Waals surface area contributed by atoms with Gasteiger partial charge in [0.25, 0.3) is 5.91 Å². The van der Waals surface area contributed by atoms with Crippen molar-refractivity contribution in [3.05, 3.63) is 30.1 Å². The number of nitrogens with two attached hydrogens (primary N) is 1. The van der Waals surface area contributed by atoms with Gasteiger partial charge in [-0.1, -0.05) is 13.3 Å². The standard InChI is InChI=1S/C16H21FN4O2/c1-3-4-9-20(2)16(23)13-10-14(15(18)22)21(19-13)12-7-5-11(17)6-8-12/h5-8,14H,3-4,9-10H2,1-2H3,(H2,18,22). The minimum Gasteiger partial charge on any atom is -0.368 e. The fourth-order valence-corrected chi connectivity index (χ4v) is 2.41. The molecule has 1 aromatic rings. The number of unbranched alkanes of at least 4 members (excludes halogenated alkanes) is 1. The fraction of sp³-hybridized carbons (Fsp3) is 0.438. The van der Waals surface area contributed by atoms with Crippen molar-refractivity contribution >= 4 is 23.2 Å². The third kappa shape index (κ3) is 3.85. The van der Waals surface area contributed by atoms with E-state index in [1.54, 1.807) is 11.9 Å². The van der Waals surface area contributed by atoms with Crippen LogP contribution in [-0.4, -0.2) is 42.1 Å². The third-order valence-corrected chi connectivity index (χ3v) is 3.77. The van der Waals surface area contributed by atoms with Crippen molar-refractivity contribution in [3.8, 4) is 0 Å². The Hall–Kier alpha value is -2.44. The normalized spacial score (nSPS) is 17.1. The summed E-state index contributed by atoms with van der Waals surface area (Å²) in [4.78, 5) is 25.7. The quantitative estimate of drug-likeness (QED) is 0.863. The Bertz CT molecular complexity index is 615. The first-order chi connectivity index (χ1) is 10.9. The van der Waals surface area contributed by atoms with Gasteiger partial charge in [-0.15, -0.1) is 0 Å². The molecule has 0 bridgehead atoms. The molecule has 1 aromatic carbocycles. The summed E-state index contributed by atoms with van der Waals surface area (Å²) in [6.07, 6.45) is 2.04. The maximum atomic E-state index is 13.1. The van der Waals surface area contributed by atoms with Crippen LogP contribution in [0, 0.1) is 5.82 Å². The van der Waals surface area contributed by atoms with Crippen LogP contribution in [-0.2, 0) is 9.59 Å². The van der Waals surface area contributed by atoms with Crippen molar-refractivity contribution in [1.82, 2.24) is 4.90 Å². The summed E-state index contributed by atoms with van der Waals surface area (Å²) >= 11 is 0. The van der Waals surface area contributed by atoms with Crippen LogP contribution in [0.25, 0.3) is 0 Å². The number of amides is 2. The predicted octanol–water partition coefficient (Wildman–Crippen LogP) is 1.50. The lowest BCUT2D eigenvalue weighted by atomic mass is 10.1. The molecule has 6 nitrogen and oxygen atoms in total. The molecule has 0 radical (unpaired) electrons. The summed E-state index contributed by atoms with van der Waals surface area (Å²) in [5.74, 6) is -1.17. The van der Waals surface area contributed by atoms with Crippen LogP contribution < -0.4 is 10.7 Å². The maximum absolute atomic E-state index is 13.1. The molecule has 1 aliphatic heterocycles. The van der Waals surface area contributed by atoms with Gasteiger partial charge < -0.3 is 10.6 Å². The van der Waals surface area contributed by atoms with Crippen LogP contribution in [0.3, 0.4) is 0 Å². The number of primary amides is 1. The van der Waals surface area contributed by atoms with Gasteiger partial charge >= 0.3 is 0 Å². The highest BCUT2D eigenvalue weighted by atomic mass is 19.1. The summed E-state index contributed by atoms with van der Waals surface area (Å²) in [6.45, 7) is 2.68. The number of halogens is 1. The number of rotatable bonds is 6. The van der Waals surface area contributed by atoms with Crippen LogP contribution in [0.15, 0.2) is 29.4 Å². The number of hydrogen-bond donors (Lipinski definition) is 1. The summed E-state index contributed by atoms with van der Waals surface area (Å²) < 4.78 is 13.1. The summed E-state index contributed by atoms with van der Waals surface area (Å²) in [5.41, 5.74) is 6.23. The monoisotopic (exact) mass is 320 g/mol. The molecule has 2 amide bonds. The number of carbonyl (C=O) groups excluding carboxylic acids is 2. The highest BCUT2D eigenvalue weighted by Gasteiger charge is 2.35. The number of benzene rings is 1. The average Bonchev–Trinajstić information content (AvgIpc) is 2.98. The molecule has 0 saturated carbocycles. The molecule has 0 saturated heterocycles. The van der Waals surface area contributed by atoms with Gasteiger partial charge in [0, 0.05) is 20.0 Å². The van der Waals surface area contributed by atoms with Crippen LogP contribution in [0.5, 0.6) is 0 Å². The number of anilines is 1. The van der Waals surface area contributed by atoms with Crippen LogP contribution in [0.1, 0.15) is 26.2 Å². The smallest absolute Gasteiger partial charge is 0.269 e. The fourth-order valence-electron chi connectivity index (χ4n) is 2.41. The molecule has 0 spiro atoms. The lowest BCUT2D eigenvalue weighted by Gasteiger charge is -2.20. The minimum absolute atomic E-state index is 0.155. The van der Waals surface area contributed by atoms with Gasteiger partial charge in [0.1, 0.15) is 17.6 Å². The van der Waals surface area contributed by atoms with Crippen molar-refractivity contribution in [3.63, 3.8) is 0 Å². The second kappa shape index (κ2) is 7.21. The lowest BCUT2D eigenvalue weighted by molar-refractivity contribution is -0.123. The average molecular weight is 320 g/mol. The van der Waals surface area contributed by atoms with Crippen molar-refractivity contribution in [2.75, 3.05) is 18.6 Å². The summed E-state index contributed by atoms with van der Waals surface area (Å²) in [5, 5.41) is 5.65. The Morgan fingerprint density at radius 1 is 1.39 bits per heavy atom. The SMILES string of the molecule is CCCCN(C)C(=O)C1=NN(c2ccc(F)cc2)C(C(N)=O)C1. The summed E-state index contributed by atoms with van der Waals surface area (Å²) in [6, 6.07) is 4.82. The van der Waals surface area contributed by atoms with E-state index in [0.29, 0.717) is 12.2 Å². The van der Waals surface area contributed by atoms with Crippen LogP contribution >= 0.6 is 0 Å². The van der Waals surface area contributed by atoms with E-state index in [1.807, 2.05) is 6.92 Å². The van der Waals surface area contributed by atoms with Gasteiger partial charge in [0.15, 0.2) is 0 Å². The van der Waals surface area contributed by atoms with E-state index in [1.165, 1.54) is 29.3 Å². The summed E-state index contributed by atoms with van der Waals surface area (Å²) in [7, 11) is 1.71. The van der Waals surface area contributed by atoms with E-state index < -0.39 is 11.9 Å². The third-order valence-electron chi connectivity index (χ3n) is 3.77. The molecule has 7 heteroatoms. The lowest BCUT2D eigenvalue weighted by Crippen LogP contribution is -2.40. The van der Waals surface area contributed by atoms with Gasteiger partial charge in [0.05, 0.1) is 5.69 Å². The molecular formula is C16H21FN4O2. The van der Waals surface area contributed by atoms with E-state index in [2.05, 4.69) is 5.10 Å². The Labute approximate surface area is 134 Å². The van der Waals surface area contributed by atoms with Crippen LogP contribution in [0.2, 0.25) is 0 Å². The molecular weight excluding hydrogens is 299 g/mol. The highest BCUT2D eigenvalue weighted by molar-refractivity contribution is 6.40. The van der Waals surface area contributed by atoms with Gasteiger partial charge in [-0.25, -0.2) is 4.39 Å². The molecule has 23 heavy (non-hydrogen) atoms.